The molecule has 0 aromatic heterocycles. The zero-order valence-corrected chi connectivity index (χ0v) is 19.8. The van der Waals surface area contributed by atoms with E-state index < -0.39 is 21.8 Å². The van der Waals surface area contributed by atoms with E-state index in [1.807, 2.05) is 0 Å². The summed E-state index contributed by atoms with van der Waals surface area (Å²) in [5.41, 5.74) is 0.653. The van der Waals surface area contributed by atoms with E-state index in [9.17, 15) is 29.8 Å². The maximum absolute atomic E-state index is 10.9. The lowest BCUT2D eigenvalue weighted by Gasteiger charge is -1.92. The van der Waals surface area contributed by atoms with Crippen LogP contribution in [-0.4, -0.2) is 35.0 Å². The zero-order valence-electron chi connectivity index (χ0n) is 17.6. The molecule has 0 spiro atoms. The van der Waals surface area contributed by atoms with Gasteiger partial charge in [-0.15, -0.1) is 6.42 Å². The zero-order chi connectivity index (χ0) is 25.2. The van der Waals surface area contributed by atoms with Crippen molar-refractivity contribution in [3.05, 3.63) is 77.9 Å². The lowest BCUT2D eigenvalue weighted by Crippen LogP contribution is -1.99. The average Bonchev–Trinajstić information content (AvgIpc) is 2.79. The smallest absolute Gasteiger partial charge is 0.384 e. The molecule has 0 atom stereocenters. The highest BCUT2D eigenvalue weighted by atomic mass is 127. The molecule has 0 bridgehead atoms. The highest BCUT2D eigenvalue weighted by Crippen LogP contribution is 2.12. The number of nitrogens with zero attached hydrogens (tertiary/aromatic N) is 2. The quantitative estimate of drug-likeness (QED) is 0.136. The summed E-state index contributed by atoms with van der Waals surface area (Å²) in [5, 5.41) is 20.5. The number of hydrogen-bond acceptors (Lipinski definition) is 8. The summed E-state index contributed by atoms with van der Waals surface area (Å²) in [4.78, 5) is 40.4. The predicted molar refractivity (Wildman–Crippen MR) is 128 cm³/mol. The fourth-order valence-electron chi connectivity index (χ4n) is 1.69. The number of halogens is 1. The van der Waals surface area contributed by atoms with Crippen LogP contribution in [0.25, 0.3) is 0 Å². The van der Waals surface area contributed by atoms with Crippen LogP contribution in [0.1, 0.15) is 19.4 Å². The lowest BCUT2D eigenvalue weighted by atomic mass is 10.2. The third-order valence-corrected chi connectivity index (χ3v) is 3.81. The molecular formula is C22H19IN2O8. The molecule has 0 aliphatic carbocycles. The topological polar surface area (TPSA) is 139 Å². The molecule has 11 heteroatoms. The molecule has 33 heavy (non-hydrogen) atoms. The minimum atomic E-state index is -0.610. The number of rotatable bonds is 4. The highest BCUT2D eigenvalue weighted by Gasteiger charge is 2.03. The van der Waals surface area contributed by atoms with Crippen molar-refractivity contribution >= 4 is 45.9 Å². The van der Waals surface area contributed by atoms with Gasteiger partial charge in [0.2, 0.25) is 0 Å². The molecule has 10 nitrogen and oxygen atoms in total. The van der Waals surface area contributed by atoms with Gasteiger partial charge in [-0.1, -0.05) is 5.92 Å². The minimum absolute atomic E-state index is 0.0123. The second-order valence-electron chi connectivity index (χ2n) is 5.37. The van der Waals surface area contributed by atoms with Gasteiger partial charge in [0.15, 0.2) is 0 Å². The van der Waals surface area contributed by atoms with Gasteiger partial charge in [-0.2, -0.15) is 0 Å². The highest BCUT2D eigenvalue weighted by molar-refractivity contribution is 14.1. The van der Waals surface area contributed by atoms with Crippen molar-refractivity contribution in [2.45, 2.75) is 13.8 Å². The molecular weight excluding hydrogens is 547 g/mol. The molecule has 0 heterocycles. The summed E-state index contributed by atoms with van der Waals surface area (Å²) in [5.74, 6) is 5.42. The normalized spacial score (nSPS) is 8.55. The van der Waals surface area contributed by atoms with Gasteiger partial charge in [-0.25, -0.2) is 9.59 Å². The number of hydrogen-bond donors (Lipinski definition) is 0. The van der Waals surface area contributed by atoms with Gasteiger partial charge < -0.3 is 9.47 Å². The Bertz CT molecular complexity index is 1050. The molecule has 0 amide bonds. The number of carbonyl (C=O) groups excluding carboxylic acids is 2. The second kappa shape index (κ2) is 16.7. The van der Waals surface area contributed by atoms with Crippen LogP contribution in [-0.2, 0) is 19.1 Å². The molecule has 0 N–H and O–H groups in total. The molecule has 0 saturated heterocycles. The van der Waals surface area contributed by atoms with Crippen LogP contribution in [0.2, 0.25) is 0 Å². The van der Waals surface area contributed by atoms with Crippen molar-refractivity contribution in [3.8, 4) is 24.2 Å². The van der Waals surface area contributed by atoms with Crippen molar-refractivity contribution < 1.29 is 28.9 Å². The van der Waals surface area contributed by atoms with Gasteiger partial charge in [0, 0.05) is 45.2 Å². The largest absolute Gasteiger partial charge is 0.456 e. The molecule has 0 aliphatic rings. The van der Waals surface area contributed by atoms with E-state index in [1.54, 1.807) is 31.9 Å². The van der Waals surface area contributed by atoms with E-state index >= 15 is 0 Å². The van der Waals surface area contributed by atoms with Crippen LogP contribution in [0.4, 0.5) is 11.4 Å². The van der Waals surface area contributed by atoms with Crippen molar-refractivity contribution in [3.63, 3.8) is 0 Å². The number of ether oxygens (including phenoxy) is 2. The van der Waals surface area contributed by atoms with Crippen LogP contribution in [0.5, 0.6) is 0 Å². The Hall–Kier alpha value is -3.97. The number of nitro groups is 2. The van der Waals surface area contributed by atoms with Gasteiger partial charge in [-0.05, 0) is 60.7 Å². The first-order chi connectivity index (χ1) is 15.6. The third-order valence-electron chi connectivity index (χ3n) is 3.09. The molecule has 0 unspecified atom stereocenters. The van der Waals surface area contributed by atoms with E-state index in [0.717, 1.165) is 3.57 Å². The van der Waals surface area contributed by atoms with Crippen molar-refractivity contribution in [1.29, 1.82) is 0 Å². The summed E-state index contributed by atoms with van der Waals surface area (Å²) in [7, 11) is 0. The van der Waals surface area contributed by atoms with Crippen molar-refractivity contribution in [2.75, 3.05) is 13.2 Å². The van der Waals surface area contributed by atoms with Crippen LogP contribution >= 0.6 is 22.6 Å². The first-order valence-electron chi connectivity index (χ1n) is 9.11. The van der Waals surface area contributed by atoms with Crippen molar-refractivity contribution in [1.82, 2.24) is 0 Å². The van der Waals surface area contributed by atoms with E-state index in [2.05, 4.69) is 50.3 Å². The number of esters is 2. The van der Waals surface area contributed by atoms with E-state index in [4.69, 9.17) is 0 Å². The standard InChI is InChI=1S/C11H9NO4.C6H4INO2.C5H6O2/c1-2-16-11(13)8-5-9-3-6-10(7-4-9)12(14)15;7-5-1-3-6(4-2-5)8(9)10;1-3-5(6)7-4-2/h3-4,6-7H,2H2,1H3;1-4H;1H,4H2,2H3. The Balaban J connectivity index is 0.000000514. The monoisotopic (exact) mass is 566 g/mol. The molecule has 2 rings (SSSR count). The Morgan fingerprint density at radius 2 is 1.30 bits per heavy atom. The van der Waals surface area contributed by atoms with Gasteiger partial charge in [0.05, 0.1) is 23.1 Å². The minimum Gasteiger partial charge on any atom is -0.456 e. The van der Waals surface area contributed by atoms with Gasteiger partial charge in [-0.3, -0.25) is 20.2 Å². The number of benzene rings is 2. The molecule has 172 valence electrons. The number of terminal acetylenes is 1. The van der Waals surface area contributed by atoms with Crippen molar-refractivity contribution in [2.24, 2.45) is 0 Å². The maximum Gasteiger partial charge on any atom is 0.384 e. The number of carbonyl (C=O) groups is 2. The Morgan fingerprint density at radius 1 is 0.879 bits per heavy atom. The van der Waals surface area contributed by atoms with Crippen LogP contribution in [0.15, 0.2) is 48.5 Å². The number of non-ortho nitro benzene ring substituents is 2. The first kappa shape index (κ1) is 29.0. The van der Waals surface area contributed by atoms with Crippen LogP contribution in [0.3, 0.4) is 0 Å². The summed E-state index contributed by atoms with van der Waals surface area (Å²) >= 11 is 2.10. The van der Waals surface area contributed by atoms with Gasteiger partial charge in [0.25, 0.3) is 11.4 Å². The Kier molecular flexibility index (Phi) is 14.7. The molecule has 0 saturated carbocycles. The number of nitro benzene ring substituents is 2. The Labute approximate surface area is 203 Å². The van der Waals surface area contributed by atoms with Gasteiger partial charge >= 0.3 is 11.9 Å². The van der Waals surface area contributed by atoms with E-state index in [0.29, 0.717) is 12.2 Å². The fourth-order valence-corrected chi connectivity index (χ4v) is 2.05. The lowest BCUT2D eigenvalue weighted by molar-refractivity contribution is -0.385. The molecule has 0 radical (unpaired) electrons. The second-order valence-corrected chi connectivity index (χ2v) is 6.62. The molecule has 2 aromatic carbocycles. The van der Waals surface area contributed by atoms with E-state index in [1.165, 1.54) is 36.4 Å². The van der Waals surface area contributed by atoms with Crippen LogP contribution in [0, 0.1) is 48.0 Å². The average molecular weight is 566 g/mol. The first-order valence-corrected chi connectivity index (χ1v) is 10.2. The molecule has 2 aromatic rings. The summed E-state index contributed by atoms with van der Waals surface area (Å²) in [6, 6.07) is 12.0. The fraction of sp³-hybridized carbons (Fsp3) is 0.182. The van der Waals surface area contributed by atoms with Gasteiger partial charge in [0.1, 0.15) is 0 Å². The maximum atomic E-state index is 10.9. The molecule has 0 fully saturated rings. The third kappa shape index (κ3) is 13.9. The summed E-state index contributed by atoms with van der Waals surface area (Å²) in [6.45, 7) is 4.01. The SMILES string of the molecule is C#CC(=O)OCC.CCOC(=O)C#Cc1ccc([N+](=O)[O-])cc1.O=[N+]([O-])c1ccc(I)cc1. The Morgan fingerprint density at radius 3 is 1.67 bits per heavy atom. The van der Waals surface area contributed by atoms with E-state index in [-0.39, 0.29) is 18.0 Å². The van der Waals surface area contributed by atoms with Crippen LogP contribution < -0.4 is 0 Å². The molecule has 0 aliphatic heterocycles. The summed E-state index contributed by atoms with van der Waals surface area (Å²) < 4.78 is 9.92. The summed E-state index contributed by atoms with van der Waals surface area (Å²) in [6.07, 6.45) is 4.63. The predicted octanol–water partition coefficient (Wildman–Crippen LogP) is 3.89.